The number of nitrogens with one attached hydrogen (secondary N) is 2. The zero-order valence-electron chi connectivity index (χ0n) is 11.9. The van der Waals surface area contributed by atoms with Gasteiger partial charge in [-0.2, -0.15) is 5.10 Å². The van der Waals surface area contributed by atoms with Crippen LogP contribution in [0.1, 0.15) is 5.56 Å². The van der Waals surface area contributed by atoms with Crippen LogP contribution in [0.15, 0.2) is 46.0 Å². The highest BCUT2D eigenvalue weighted by Crippen LogP contribution is 2.25. The number of carbonyl (C=O) groups is 2. The molecule has 0 heterocycles. The number of halogens is 3. The van der Waals surface area contributed by atoms with Crippen molar-refractivity contribution in [2.45, 2.75) is 0 Å². The minimum Gasteiger partial charge on any atom is -0.507 e. The Morgan fingerprint density at radius 2 is 1.83 bits per heavy atom. The molecule has 0 aromatic heterocycles. The van der Waals surface area contributed by atoms with Gasteiger partial charge in [-0.3, -0.25) is 9.59 Å². The van der Waals surface area contributed by atoms with E-state index in [4.69, 9.17) is 23.2 Å². The van der Waals surface area contributed by atoms with E-state index in [1.807, 2.05) is 0 Å². The molecule has 0 bridgehead atoms. The third kappa shape index (κ3) is 4.95. The van der Waals surface area contributed by atoms with Gasteiger partial charge in [-0.15, -0.1) is 0 Å². The lowest BCUT2D eigenvalue weighted by Gasteiger charge is -2.05. The van der Waals surface area contributed by atoms with Gasteiger partial charge >= 0.3 is 11.8 Å². The van der Waals surface area contributed by atoms with Crippen LogP contribution in [0.2, 0.25) is 10.0 Å². The summed E-state index contributed by atoms with van der Waals surface area (Å²) in [5, 5.41) is 16.2. The Balaban J connectivity index is 1.96. The monoisotopic (exact) mass is 429 g/mol. The number of benzene rings is 2. The van der Waals surface area contributed by atoms with Crippen LogP contribution in [0.3, 0.4) is 0 Å². The van der Waals surface area contributed by atoms with Gasteiger partial charge in [0, 0.05) is 15.7 Å². The Bertz CT molecular complexity index is 828. The van der Waals surface area contributed by atoms with Gasteiger partial charge in [-0.25, -0.2) is 5.43 Å². The number of phenols is 1. The second-order valence-corrected chi connectivity index (χ2v) is 6.22. The molecule has 6 nitrogen and oxygen atoms in total. The Morgan fingerprint density at radius 1 is 1.08 bits per heavy atom. The van der Waals surface area contributed by atoms with Crippen LogP contribution in [0, 0.1) is 0 Å². The summed E-state index contributed by atoms with van der Waals surface area (Å²) in [6.45, 7) is 0. The van der Waals surface area contributed by atoms with E-state index < -0.39 is 11.8 Å². The number of hydrogen-bond donors (Lipinski definition) is 3. The lowest BCUT2D eigenvalue weighted by atomic mass is 10.2. The summed E-state index contributed by atoms with van der Waals surface area (Å²) in [7, 11) is 0. The SMILES string of the molecule is O=C(N/N=C/c1cc(Br)ccc1O)C(=O)Nc1ccc(Cl)c(Cl)c1. The molecule has 2 amide bonds. The number of hydrogen-bond acceptors (Lipinski definition) is 4. The minimum absolute atomic E-state index is 0.0172. The lowest BCUT2D eigenvalue weighted by Crippen LogP contribution is -2.32. The molecule has 0 atom stereocenters. The predicted molar refractivity (Wildman–Crippen MR) is 96.6 cm³/mol. The number of aromatic hydroxyl groups is 1. The zero-order chi connectivity index (χ0) is 17.7. The van der Waals surface area contributed by atoms with E-state index in [1.165, 1.54) is 30.5 Å². The Labute approximate surface area is 155 Å². The number of phenolic OH excluding ortho intramolecular Hbond substituents is 1. The minimum atomic E-state index is -0.980. The van der Waals surface area contributed by atoms with E-state index in [9.17, 15) is 14.7 Å². The van der Waals surface area contributed by atoms with Crippen molar-refractivity contribution in [3.63, 3.8) is 0 Å². The van der Waals surface area contributed by atoms with Crippen molar-refractivity contribution < 1.29 is 14.7 Å². The summed E-state index contributed by atoms with van der Waals surface area (Å²) in [6.07, 6.45) is 1.21. The average Bonchev–Trinajstić information content (AvgIpc) is 2.54. The molecule has 0 aliphatic carbocycles. The number of anilines is 1. The molecule has 0 aliphatic heterocycles. The molecule has 124 valence electrons. The van der Waals surface area contributed by atoms with Gasteiger partial charge in [0.25, 0.3) is 0 Å². The highest BCUT2D eigenvalue weighted by molar-refractivity contribution is 9.10. The zero-order valence-corrected chi connectivity index (χ0v) is 15.0. The van der Waals surface area contributed by atoms with Crippen LogP contribution in [0.4, 0.5) is 5.69 Å². The highest BCUT2D eigenvalue weighted by Gasteiger charge is 2.13. The predicted octanol–water partition coefficient (Wildman–Crippen LogP) is 3.55. The topological polar surface area (TPSA) is 90.8 Å². The van der Waals surface area contributed by atoms with E-state index in [-0.39, 0.29) is 10.8 Å². The highest BCUT2D eigenvalue weighted by atomic mass is 79.9. The largest absolute Gasteiger partial charge is 0.507 e. The number of rotatable bonds is 3. The second kappa shape index (κ2) is 8.14. The van der Waals surface area contributed by atoms with Crippen LogP contribution in [0.5, 0.6) is 5.75 Å². The first-order valence-corrected chi connectivity index (χ1v) is 7.99. The molecule has 0 aliphatic rings. The molecule has 2 rings (SSSR count). The summed E-state index contributed by atoms with van der Waals surface area (Å²) < 4.78 is 0.727. The van der Waals surface area contributed by atoms with Crippen molar-refractivity contribution in [3.8, 4) is 5.75 Å². The van der Waals surface area contributed by atoms with Crippen LogP contribution in [0.25, 0.3) is 0 Å². The molecule has 2 aromatic carbocycles. The van der Waals surface area contributed by atoms with Gasteiger partial charge in [0.1, 0.15) is 5.75 Å². The Hall–Kier alpha value is -2.09. The van der Waals surface area contributed by atoms with Crippen molar-refractivity contribution in [2.75, 3.05) is 5.32 Å². The standard InChI is InChI=1S/C15H10BrCl2N3O3/c16-9-1-4-13(22)8(5-9)7-19-21-15(24)14(23)20-10-2-3-11(17)12(18)6-10/h1-7,22H,(H,20,23)(H,21,24)/b19-7+. The van der Waals surface area contributed by atoms with Gasteiger partial charge in [0.2, 0.25) is 0 Å². The maximum absolute atomic E-state index is 11.7. The van der Waals surface area contributed by atoms with Crippen molar-refractivity contribution in [3.05, 3.63) is 56.5 Å². The molecule has 0 radical (unpaired) electrons. The summed E-state index contributed by atoms with van der Waals surface area (Å²) in [4.78, 5) is 23.4. The molecule has 2 aromatic rings. The molecular weight excluding hydrogens is 421 g/mol. The smallest absolute Gasteiger partial charge is 0.329 e. The molecule has 24 heavy (non-hydrogen) atoms. The lowest BCUT2D eigenvalue weighted by molar-refractivity contribution is -0.136. The molecule has 0 spiro atoms. The van der Waals surface area contributed by atoms with Gasteiger partial charge in [0.15, 0.2) is 0 Å². The van der Waals surface area contributed by atoms with Crippen molar-refractivity contribution >= 4 is 62.8 Å². The summed E-state index contributed by atoms with van der Waals surface area (Å²) in [5.74, 6) is -1.92. The van der Waals surface area contributed by atoms with Gasteiger partial charge < -0.3 is 10.4 Å². The van der Waals surface area contributed by atoms with E-state index in [0.29, 0.717) is 16.3 Å². The third-order valence-corrected chi connectivity index (χ3v) is 3.98. The van der Waals surface area contributed by atoms with Gasteiger partial charge in [-0.1, -0.05) is 39.1 Å². The fraction of sp³-hybridized carbons (Fsp3) is 0. The number of amides is 2. The Morgan fingerprint density at radius 3 is 2.54 bits per heavy atom. The van der Waals surface area contributed by atoms with Crippen LogP contribution in [-0.4, -0.2) is 23.1 Å². The number of hydrazone groups is 1. The van der Waals surface area contributed by atoms with Crippen LogP contribution >= 0.6 is 39.1 Å². The molecule has 9 heteroatoms. The molecule has 3 N–H and O–H groups in total. The van der Waals surface area contributed by atoms with Crippen LogP contribution in [-0.2, 0) is 9.59 Å². The first-order chi connectivity index (χ1) is 11.4. The van der Waals surface area contributed by atoms with Gasteiger partial charge in [-0.05, 0) is 36.4 Å². The van der Waals surface area contributed by atoms with E-state index in [0.717, 1.165) is 4.47 Å². The first kappa shape index (κ1) is 18.3. The molecule has 0 fully saturated rings. The van der Waals surface area contributed by atoms with Crippen molar-refractivity contribution in [1.82, 2.24) is 5.43 Å². The Kier molecular flexibility index (Phi) is 6.19. The first-order valence-electron chi connectivity index (χ1n) is 6.45. The summed E-state index contributed by atoms with van der Waals surface area (Å²) in [6, 6.07) is 9.12. The maximum atomic E-state index is 11.7. The molecule has 0 saturated heterocycles. The number of nitrogens with zero attached hydrogens (tertiary/aromatic N) is 1. The fourth-order valence-corrected chi connectivity index (χ4v) is 2.28. The quantitative estimate of drug-likeness (QED) is 0.395. The maximum Gasteiger partial charge on any atom is 0.329 e. The van der Waals surface area contributed by atoms with E-state index in [1.54, 1.807) is 12.1 Å². The molecule has 0 saturated carbocycles. The van der Waals surface area contributed by atoms with Gasteiger partial charge in [0.05, 0.1) is 16.3 Å². The molecular formula is C15H10BrCl2N3O3. The fourth-order valence-electron chi connectivity index (χ4n) is 1.60. The van der Waals surface area contributed by atoms with Crippen molar-refractivity contribution in [2.24, 2.45) is 5.10 Å². The normalized spacial score (nSPS) is 10.6. The average molecular weight is 431 g/mol. The number of carbonyl (C=O) groups excluding carboxylic acids is 2. The van der Waals surface area contributed by atoms with Crippen LogP contribution < -0.4 is 10.7 Å². The summed E-state index contributed by atoms with van der Waals surface area (Å²) in [5.41, 5.74) is 2.74. The van der Waals surface area contributed by atoms with E-state index in [2.05, 4.69) is 31.8 Å². The third-order valence-electron chi connectivity index (χ3n) is 2.74. The summed E-state index contributed by atoms with van der Waals surface area (Å²) >= 11 is 14.8. The van der Waals surface area contributed by atoms with E-state index >= 15 is 0 Å². The second-order valence-electron chi connectivity index (χ2n) is 4.49. The van der Waals surface area contributed by atoms with Crippen molar-refractivity contribution in [1.29, 1.82) is 0 Å². The molecule has 0 unspecified atom stereocenters.